The van der Waals surface area contributed by atoms with Crippen molar-refractivity contribution in [2.24, 2.45) is 13.0 Å². The molecule has 1 aromatic heterocycles. The molecule has 25 heavy (non-hydrogen) atoms. The van der Waals surface area contributed by atoms with Gasteiger partial charge in [0.2, 0.25) is 0 Å². The third-order valence-corrected chi connectivity index (χ3v) is 4.99. The number of piperidine rings is 1. The number of hydrogen-bond acceptors (Lipinski definition) is 3. The fraction of sp³-hybridized carbons (Fsp3) is 0.500. The van der Waals surface area contributed by atoms with E-state index < -0.39 is 0 Å². The molecular weight excluding hydrogens is 314 g/mol. The van der Waals surface area contributed by atoms with Crippen LogP contribution in [0.3, 0.4) is 0 Å². The predicted octanol–water partition coefficient (Wildman–Crippen LogP) is 3.30. The Balaban J connectivity index is 1.45. The molecule has 0 spiro atoms. The average Bonchev–Trinajstić information content (AvgIpc) is 3.07. The molecule has 0 radical (unpaired) electrons. The number of aromatic nitrogens is 2. The van der Waals surface area contributed by atoms with Crippen molar-refractivity contribution in [3.05, 3.63) is 48.0 Å². The number of rotatable bonds is 6. The van der Waals surface area contributed by atoms with E-state index in [2.05, 4.69) is 17.1 Å². The van der Waals surface area contributed by atoms with E-state index in [9.17, 15) is 4.79 Å². The highest BCUT2D eigenvalue weighted by molar-refractivity contribution is 5.90. The molecule has 3 rings (SSSR count). The van der Waals surface area contributed by atoms with Gasteiger partial charge in [0.05, 0.1) is 6.61 Å². The van der Waals surface area contributed by atoms with E-state index in [4.69, 9.17) is 4.74 Å². The molecule has 5 nitrogen and oxygen atoms in total. The lowest BCUT2D eigenvalue weighted by Crippen LogP contribution is -2.39. The summed E-state index contributed by atoms with van der Waals surface area (Å²) in [6.45, 7) is 4.37. The van der Waals surface area contributed by atoms with Crippen molar-refractivity contribution in [1.82, 2.24) is 14.5 Å². The number of imidazole rings is 1. The van der Waals surface area contributed by atoms with Gasteiger partial charge in [-0.1, -0.05) is 12.1 Å². The van der Waals surface area contributed by atoms with Gasteiger partial charge in [0.15, 0.2) is 5.82 Å². The Morgan fingerprint density at radius 1 is 1.24 bits per heavy atom. The molecule has 1 saturated heterocycles. The molecule has 0 atom stereocenters. The standard InChI is InChI=1S/C20H27N3O2/c1-3-25-18-8-6-16(7-9-18)4-5-17-10-13-23(14-11-17)20(24)19-21-12-15-22(19)2/h6-9,12,15,17H,3-5,10-11,13-14H2,1-2H3. The van der Waals surface area contributed by atoms with Gasteiger partial charge in [-0.15, -0.1) is 0 Å². The van der Waals surface area contributed by atoms with Crippen LogP contribution in [-0.2, 0) is 13.5 Å². The van der Waals surface area contributed by atoms with E-state index in [1.807, 2.05) is 37.2 Å². The quantitative estimate of drug-likeness (QED) is 0.810. The number of nitrogens with zero attached hydrogens (tertiary/aromatic N) is 3. The summed E-state index contributed by atoms with van der Waals surface area (Å²) < 4.78 is 7.28. The van der Waals surface area contributed by atoms with Crippen LogP contribution in [0.4, 0.5) is 0 Å². The summed E-state index contributed by atoms with van der Waals surface area (Å²) >= 11 is 0. The molecule has 2 heterocycles. The third-order valence-electron chi connectivity index (χ3n) is 4.99. The van der Waals surface area contributed by atoms with Gasteiger partial charge in [0.1, 0.15) is 5.75 Å². The maximum absolute atomic E-state index is 12.5. The zero-order valence-corrected chi connectivity index (χ0v) is 15.1. The minimum atomic E-state index is 0.0532. The van der Waals surface area contributed by atoms with Crippen LogP contribution in [0, 0.1) is 5.92 Å². The van der Waals surface area contributed by atoms with Crippen LogP contribution < -0.4 is 4.74 Å². The molecule has 1 aromatic carbocycles. The van der Waals surface area contributed by atoms with Gasteiger partial charge in [0.25, 0.3) is 5.91 Å². The van der Waals surface area contributed by atoms with Crippen LogP contribution in [0.15, 0.2) is 36.7 Å². The minimum Gasteiger partial charge on any atom is -0.494 e. The molecule has 1 fully saturated rings. The molecule has 0 saturated carbocycles. The lowest BCUT2D eigenvalue weighted by atomic mass is 9.90. The fourth-order valence-corrected chi connectivity index (χ4v) is 3.43. The first kappa shape index (κ1) is 17.5. The van der Waals surface area contributed by atoms with Crippen LogP contribution in [0.1, 0.15) is 42.4 Å². The first-order valence-electron chi connectivity index (χ1n) is 9.15. The van der Waals surface area contributed by atoms with Crippen molar-refractivity contribution in [2.75, 3.05) is 19.7 Å². The maximum Gasteiger partial charge on any atom is 0.289 e. The summed E-state index contributed by atoms with van der Waals surface area (Å²) in [5, 5.41) is 0. The molecule has 0 unspecified atom stereocenters. The minimum absolute atomic E-state index is 0.0532. The highest BCUT2D eigenvalue weighted by atomic mass is 16.5. The van der Waals surface area contributed by atoms with Gasteiger partial charge in [-0.25, -0.2) is 4.98 Å². The van der Waals surface area contributed by atoms with Crippen LogP contribution in [0.25, 0.3) is 0 Å². The van der Waals surface area contributed by atoms with E-state index in [1.54, 1.807) is 10.8 Å². The number of benzene rings is 1. The molecule has 0 aliphatic carbocycles. The van der Waals surface area contributed by atoms with Gasteiger partial charge >= 0.3 is 0 Å². The topological polar surface area (TPSA) is 47.4 Å². The van der Waals surface area contributed by atoms with Crippen molar-refractivity contribution in [3.8, 4) is 5.75 Å². The molecular formula is C20H27N3O2. The second-order valence-corrected chi connectivity index (χ2v) is 6.71. The number of aryl methyl sites for hydroxylation is 2. The molecule has 134 valence electrons. The molecule has 1 aliphatic rings. The molecule has 1 aliphatic heterocycles. The summed E-state index contributed by atoms with van der Waals surface area (Å²) in [5.74, 6) is 2.22. The Kier molecular flexibility index (Phi) is 5.74. The number of hydrogen-bond donors (Lipinski definition) is 0. The van der Waals surface area contributed by atoms with Crippen LogP contribution in [0.2, 0.25) is 0 Å². The van der Waals surface area contributed by atoms with Gasteiger partial charge in [-0.3, -0.25) is 4.79 Å². The normalized spacial score (nSPS) is 15.4. The van der Waals surface area contributed by atoms with Crippen LogP contribution >= 0.6 is 0 Å². The summed E-state index contributed by atoms with van der Waals surface area (Å²) in [5.41, 5.74) is 1.36. The number of carbonyl (C=O) groups excluding carboxylic acids is 1. The van der Waals surface area contributed by atoms with E-state index in [0.29, 0.717) is 18.3 Å². The van der Waals surface area contributed by atoms with Gasteiger partial charge < -0.3 is 14.2 Å². The van der Waals surface area contributed by atoms with Crippen molar-refractivity contribution < 1.29 is 9.53 Å². The smallest absolute Gasteiger partial charge is 0.289 e. The SMILES string of the molecule is CCOc1ccc(CCC2CCN(C(=O)c3nccn3C)CC2)cc1. The highest BCUT2D eigenvalue weighted by Gasteiger charge is 2.25. The Morgan fingerprint density at radius 3 is 2.56 bits per heavy atom. The van der Waals surface area contributed by atoms with E-state index in [0.717, 1.165) is 38.1 Å². The van der Waals surface area contributed by atoms with Crippen molar-refractivity contribution in [2.45, 2.75) is 32.6 Å². The summed E-state index contributed by atoms with van der Waals surface area (Å²) in [6.07, 6.45) is 7.91. The second kappa shape index (κ2) is 8.19. The number of amides is 1. The van der Waals surface area contributed by atoms with E-state index >= 15 is 0 Å². The zero-order valence-electron chi connectivity index (χ0n) is 15.1. The third kappa shape index (κ3) is 4.41. The molecule has 2 aromatic rings. The Hall–Kier alpha value is -2.30. The summed E-state index contributed by atoms with van der Waals surface area (Å²) in [4.78, 5) is 18.6. The Morgan fingerprint density at radius 2 is 1.96 bits per heavy atom. The van der Waals surface area contributed by atoms with Gasteiger partial charge in [0, 0.05) is 32.5 Å². The summed E-state index contributed by atoms with van der Waals surface area (Å²) in [6, 6.07) is 8.41. The van der Waals surface area contributed by atoms with Gasteiger partial charge in [-0.2, -0.15) is 0 Å². The maximum atomic E-state index is 12.5. The van der Waals surface area contributed by atoms with Crippen molar-refractivity contribution in [3.63, 3.8) is 0 Å². The molecule has 1 amide bonds. The van der Waals surface area contributed by atoms with Crippen LogP contribution in [0.5, 0.6) is 5.75 Å². The predicted molar refractivity (Wildman–Crippen MR) is 97.8 cm³/mol. The van der Waals surface area contributed by atoms with Gasteiger partial charge in [-0.05, 0) is 56.2 Å². The Labute approximate surface area is 149 Å². The first-order chi connectivity index (χ1) is 12.2. The molecule has 0 bridgehead atoms. The number of carbonyl (C=O) groups is 1. The largest absolute Gasteiger partial charge is 0.494 e. The first-order valence-corrected chi connectivity index (χ1v) is 9.15. The lowest BCUT2D eigenvalue weighted by Gasteiger charge is -2.31. The highest BCUT2D eigenvalue weighted by Crippen LogP contribution is 2.24. The lowest BCUT2D eigenvalue weighted by molar-refractivity contribution is 0.0671. The zero-order chi connectivity index (χ0) is 17.6. The second-order valence-electron chi connectivity index (χ2n) is 6.71. The monoisotopic (exact) mass is 341 g/mol. The van der Waals surface area contributed by atoms with E-state index in [1.165, 1.54) is 12.0 Å². The molecule has 5 heteroatoms. The average molecular weight is 341 g/mol. The summed E-state index contributed by atoms with van der Waals surface area (Å²) in [7, 11) is 1.86. The number of ether oxygens (including phenoxy) is 1. The molecule has 0 N–H and O–H groups in total. The van der Waals surface area contributed by atoms with Crippen molar-refractivity contribution >= 4 is 5.91 Å². The van der Waals surface area contributed by atoms with Crippen LogP contribution in [-0.4, -0.2) is 40.1 Å². The fourth-order valence-electron chi connectivity index (χ4n) is 3.43. The van der Waals surface area contributed by atoms with E-state index in [-0.39, 0.29) is 5.91 Å². The van der Waals surface area contributed by atoms with Crippen molar-refractivity contribution in [1.29, 1.82) is 0 Å². The number of likely N-dealkylation sites (tertiary alicyclic amines) is 1. The Bertz CT molecular complexity index is 685.